The number of hydrogen-bond acceptors (Lipinski definition) is 4. The summed E-state index contributed by atoms with van der Waals surface area (Å²) < 4.78 is 32.5. The number of benzene rings is 1. The molecule has 2 rings (SSSR count). The van der Waals surface area contributed by atoms with Crippen LogP contribution in [0.2, 0.25) is 0 Å². The molecule has 0 saturated carbocycles. The van der Waals surface area contributed by atoms with Crippen LogP contribution in [0, 0.1) is 13.8 Å². The molecule has 1 saturated heterocycles. The predicted octanol–water partition coefficient (Wildman–Crippen LogP) is 2.11. The Bertz CT molecular complexity index is 611. The van der Waals surface area contributed by atoms with Crippen LogP contribution in [0.25, 0.3) is 0 Å². The molecule has 7 heteroatoms. The third-order valence-corrected chi connectivity index (χ3v) is 6.21. The van der Waals surface area contributed by atoms with Gasteiger partial charge in [-0.1, -0.05) is 0 Å². The van der Waals surface area contributed by atoms with E-state index in [4.69, 9.17) is 4.74 Å². The maximum Gasteiger partial charge on any atom is 0.243 e. The maximum absolute atomic E-state index is 12.8. The van der Waals surface area contributed by atoms with E-state index in [1.54, 1.807) is 23.5 Å². The molecule has 126 valence electrons. The van der Waals surface area contributed by atoms with Gasteiger partial charge < -0.3 is 10.1 Å². The standard InChI is InChI=1S/C15H24N2O3S.ClH/c1-11-10-15(12(2)9-14(11)20-4)21(18,19)17-7-5-13(16-3)6-8-17;/h9-10,13,16H,5-8H2,1-4H3;1H. The number of nitrogens with one attached hydrogen (secondary N) is 1. The zero-order chi connectivity index (χ0) is 15.6. The maximum atomic E-state index is 12.8. The van der Waals surface area contributed by atoms with Gasteiger partial charge in [0, 0.05) is 19.1 Å². The van der Waals surface area contributed by atoms with Crippen molar-refractivity contribution in [3.05, 3.63) is 23.3 Å². The molecule has 1 aliphatic rings. The van der Waals surface area contributed by atoms with E-state index in [2.05, 4.69) is 5.32 Å². The fourth-order valence-electron chi connectivity index (χ4n) is 2.78. The molecule has 1 aliphatic heterocycles. The van der Waals surface area contributed by atoms with Crippen molar-refractivity contribution < 1.29 is 13.2 Å². The topological polar surface area (TPSA) is 58.6 Å². The molecule has 0 radical (unpaired) electrons. The van der Waals surface area contributed by atoms with Gasteiger partial charge in [0.2, 0.25) is 10.0 Å². The highest BCUT2D eigenvalue weighted by molar-refractivity contribution is 7.89. The third-order valence-electron chi connectivity index (χ3n) is 4.17. The molecule has 0 aliphatic carbocycles. The van der Waals surface area contributed by atoms with Crippen LogP contribution in [0.1, 0.15) is 24.0 Å². The Labute approximate surface area is 139 Å². The summed E-state index contributed by atoms with van der Waals surface area (Å²) in [4.78, 5) is 0.392. The first kappa shape index (κ1) is 19.2. The summed E-state index contributed by atoms with van der Waals surface area (Å²) in [6.45, 7) is 4.82. The quantitative estimate of drug-likeness (QED) is 0.905. The van der Waals surface area contributed by atoms with Crippen LogP contribution in [-0.4, -0.2) is 46.0 Å². The average molecular weight is 349 g/mol. The van der Waals surface area contributed by atoms with Gasteiger partial charge in [0.15, 0.2) is 0 Å². The predicted molar refractivity (Wildman–Crippen MR) is 90.6 cm³/mol. The van der Waals surface area contributed by atoms with E-state index >= 15 is 0 Å². The molecule has 0 spiro atoms. The van der Waals surface area contributed by atoms with Gasteiger partial charge in [0.05, 0.1) is 12.0 Å². The van der Waals surface area contributed by atoms with Gasteiger partial charge in [-0.2, -0.15) is 4.31 Å². The van der Waals surface area contributed by atoms with Crippen LogP contribution in [0.3, 0.4) is 0 Å². The Hall–Kier alpha value is -0.820. The van der Waals surface area contributed by atoms with Crippen LogP contribution in [0.15, 0.2) is 17.0 Å². The molecule has 1 N–H and O–H groups in total. The van der Waals surface area contributed by atoms with Crippen LogP contribution in [0.4, 0.5) is 0 Å². The highest BCUT2D eigenvalue weighted by Crippen LogP contribution is 2.29. The first-order valence-corrected chi connectivity index (χ1v) is 8.66. The first-order valence-electron chi connectivity index (χ1n) is 7.22. The number of halogens is 1. The number of sulfonamides is 1. The van der Waals surface area contributed by atoms with E-state index in [1.165, 1.54) is 0 Å². The molecule has 1 fully saturated rings. The monoisotopic (exact) mass is 348 g/mol. The molecule has 22 heavy (non-hydrogen) atoms. The third kappa shape index (κ3) is 3.74. The lowest BCUT2D eigenvalue weighted by Crippen LogP contribution is -2.44. The minimum absolute atomic E-state index is 0. The highest BCUT2D eigenvalue weighted by atomic mass is 35.5. The summed E-state index contributed by atoms with van der Waals surface area (Å²) in [5.41, 5.74) is 1.57. The highest BCUT2D eigenvalue weighted by Gasteiger charge is 2.30. The van der Waals surface area contributed by atoms with Gasteiger partial charge >= 0.3 is 0 Å². The molecule has 0 atom stereocenters. The molecule has 1 aromatic rings. The van der Waals surface area contributed by atoms with Crippen molar-refractivity contribution in [2.24, 2.45) is 0 Å². The first-order chi connectivity index (χ1) is 9.90. The normalized spacial score (nSPS) is 17.1. The number of aryl methyl sites for hydroxylation is 2. The smallest absolute Gasteiger partial charge is 0.243 e. The van der Waals surface area contributed by atoms with Crippen LogP contribution >= 0.6 is 12.4 Å². The molecule has 1 aromatic carbocycles. The lowest BCUT2D eigenvalue weighted by atomic mass is 10.1. The fourth-order valence-corrected chi connectivity index (χ4v) is 4.55. The summed E-state index contributed by atoms with van der Waals surface area (Å²) in [7, 11) is 0.0963. The minimum Gasteiger partial charge on any atom is -0.496 e. The summed E-state index contributed by atoms with van der Waals surface area (Å²) >= 11 is 0. The van der Waals surface area contributed by atoms with Crippen molar-refractivity contribution in [1.29, 1.82) is 0 Å². The lowest BCUT2D eigenvalue weighted by molar-refractivity contribution is 0.298. The van der Waals surface area contributed by atoms with E-state index < -0.39 is 10.0 Å². The Morgan fingerprint density at radius 2 is 1.77 bits per heavy atom. The minimum atomic E-state index is -3.42. The summed E-state index contributed by atoms with van der Waals surface area (Å²) in [6, 6.07) is 3.92. The van der Waals surface area contributed by atoms with Crippen molar-refractivity contribution >= 4 is 22.4 Å². The van der Waals surface area contributed by atoms with Crippen molar-refractivity contribution in [1.82, 2.24) is 9.62 Å². The van der Waals surface area contributed by atoms with E-state index in [0.29, 0.717) is 24.0 Å². The lowest BCUT2D eigenvalue weighted by Gasteiger charge is -2.31. The summed E-state index contributed by atoms with van der Waals surface area (Å²) in [5, 5.41) is 3.21. The number of nitrogens with zero attached hydrogens (tertiary/aromatic N) is 1. The Morgan fingerprint density at radius 1 is 1.18 bits per heavy atom. The van der Waals surface area contributed by atoms with E-state index in [9.17, 15) is 8.42 Å². The zero-order valence-corrected chi connectivity index (χ0v) is 15.2. The van der Waals surface area contributed by atoms with Crippen molar-refractivity contribution in [2.45, 2.75) is 37.6 Å². The second-order valence-corrected chi connectivity index (χ2v) is 7.46. The van der Waals surface area contributed by atoms with Gasteiger partial charge in [-0.3, -0.25) is 0 Å². The van der Waals surface area contributed by atoms with E-state index in [1.807, 2.05) is 20.9 Å². The van der Waals surface area contributed by atoms with Gasteiger partial charge in [-0.05, 0) is 57.0 Å². The largest absolute Gasteiger partial charge is 0.496 e. The van der Waals surface area contributed by atoms with Gasteiger partial charge in [0.25, 0.3) is 0 Å². The Kier molecular flexibility index (Phi) is 6.67. The van der Waals surface area contributed by atoms with Gasteiger partial charge in [-0.25, -0.2) is 8.42 Å². The Morgan fingerprint density at radius 3 is 2.27 bits per heavy atom. The number of methoxy groups -OCH3 is 1. The number of ether oxygens (including phenoxy) is 1. The molecule has 5 nitrogen and oxygen atoms in total. The number of rotatable bonds is 4. The molecule has 0 amide bonds. The molecule has 0 aromatic heterocycles. The molecule has 0 bridgehead atoms. The van der Waals surface area contributed by atoms with Crippen molar-refractivity contribution in [3.8, 4) is 5.75 Å². The van der Waals surface area contributed by atoms with Crippen LogP contribution < -0.4 is 10.1 Å². The van der Waals surface area contributed by atoms with Crippen LogP contribution in [0.5, 0.6) is 5.75 Å². The molecule has 1 heterocycles. The van der Waals surface area contributed by atoms with Gasteiger partial charge in [0.1, 0.15) is 5.75 Å². The fraction of sp³-hybridized carbons (Fsp3) is 0.600. The average Bonchev–Trinajstić information content (AvgIpc) is 2.49. The zero-order valence-electron chi connectivity index (χ0n) is 13.5. The molecular formula is C15H25ClN2O3S. The molecular weight excluding hydrogens is 324 g/mol. The second-order valence-electron chi connectivity index (χ2n) is 5.55. The second kappa shape index (κ2) is 7.64. The van der Waals surface area contributed by atoms with E-state index in [-0.39, 0.29) is 12.4 Å². The van der Waals surface area contributed by atoms with E-state index in [0.717, 1.165) is 29.7 Å². The van der Waals surface area contributed by atoms with Crippen LogP contribution in [-0.2, 0) is 10.0 Å². The number of hydrogen-bond donors (Lipinski definition) is 1. The van der Waals surface area contributed by atoms with Gasteiger partial charge in [-0.15, -0.1) is 12.4 Å². The SMILES string of the molecule is CNC1CCN(S(=O)(=O)c2cc(C)c(OC)cc2C)CC1.Cl. The van der Waals surface area contributed by atoms with Crippen molar-refractivity contribution in [3.63, 3.8) is 0 Å². The van der Waals surface area contributed by atoms with Crippen molar-refractivity contribution in [2.75, 3.05) is 27.2 Å². The Balaban J connectivity index is 0.00000242. The summed E-state index contributed by atoms with van der Waals surface area (Å²) in [6.07, 6.45) is 1.70. The number of piperidine rings is 1. The molecule has 0 unspecified atom stereocenters. The summed E-state index contributed by atoms with van der Waals surface area (Å²) in [5.74, 6) is 0.723.